The number of sulfonamides is 1. The summed E-state index contributed by atoms with van der Waals surface area (Å²) in [5, 5.41) is 0.334. The summed E-state index contributed by atoms with van der Waals surface area (Å²) in [6.07, 6.45) is 3.51. The zero-order valence-electron chi connectivity index (χ0n) is 8.90. The number of rotatable bonds is 4. The van der Waals surface area contributed by atoms with Crippen molar-refractivity contribution in [2.75, 3.05) is 6.54 Å². The average Bonchev–Trinajstić information content (AvgIpc) is 3.03. The zero-order chi connectivity index (χ0) is 11.8. The second kappa shape index (κ2) is 4.31. The second-order valence-electron chi connectivity index (χ2n) is 4.07. The molecule has 0 radical (unpaired) electrons. The summed E-state index contributed by atoms with van der Waals surface area (Å²) in [5.41, 5.74) is 0.663. The zero-order valence-corrected chi connectivity index (χ0v) is 10.5. The highest BCUT2D eigenvalue weighted by molar-refractivity contribution is 7.89. The maximum Gasteiger partial charge on any atom is 0.242 e. The lowest BCUT2D eigenvalue weighted by Gasteiger charge is -2.06. The largest absolute Gasteiger partial charge is 0.243 e. The molecule has 1 aliphatic carbocycles. The second-order valence-corrected chi connectivity index (χ2v) is 6.20. The molecule has 1 heterocycles. The summed E-state index contributed by atoms with van der Waals surface area (Å²) in [4.78, 5) is 4.01. The van der Waals surface area contributed by atoms with Crippen LogP contribution in [0, 0.1) is 12.8 Å². The van der Waals surface area contributed by atoms with Crippen molar-refractivity contribution in [3.8, 4) is 0 Å². The van der Waals surface area contributed by atoms with Gasteiger partial charge in [0.2, 0.25) is 10.0 Å². The van der Waals surface area contributed by atoms with Gasteiger partial charge in [-0.3, -0.25) is 0 Å². The molecular weight excluding hydrogens is 248 g/mol. The van der Waals surface area contributed by atoms with Crippen LogP contribution in [0.3, 0.4) is 0 Å². The Morgan fingerprint density at radius 1 is 1.56 bits per heavy atom. The predicted octanol–water partition coefficient (Wildman–Crippen LogP) is 1.73. The highest BCUT2D eigenvalue weighted by Gasteiger charge is 2.24. The minimum Gasteiger partial charge on any atom is -0.243 e. The van der Waals surface area contributed by atoms with Gasteiger partial charge in [0.1, 0.15) is 10.0 Å². The molecular formula is C10H13ClN2O2S. The van der Waals surface area contributed by atoms with Gasteiger partial charge in [0, 0.05) is 12.7 Å². The van der Waals surface area contributed by atoms with Crippen LogP contribution in [0.25, 0.3) is 0 Å². The van der Waals surface area contributed by atoms with Gasteiger partial charge in [-0.05, 0) is 37.3 Å². The van der Waals surface area contributed by atoms with Crippen molar-refractivity contribution in [2.24, 2.45) is 5.92 Å². The van der Waals surface area contributed by atoms with E-state index in [0.717, 1.165) is 12.8 Å². The highest BCUT2D eigenvalue weighted by atomic mass is 35.5. The van der Waals surface area contributed by atoms with Gasteiger partial charge >= 0.3 is 0 Å². The van der Waals surface area contributed by atoms with Gasteiger partial charge in [0.15, 0.2) is 0 Å². The first-order valence-corrected chi connectivity index (χ1v) is 6.97. The Hall–Kier alpha value is -0.650. The van der Waals surface area contributed by atoms with Gasteiger partial charge in [-0.15, -0.1) is 0 Å². The van der Waals surface area contributed by atoms with E-state index in [4.69, 9.17) is 11.6 Å². The number of nitrogens with one attached hydrogen (secondary N) is 1. The monoisotopic (exact) mass is 260 g/mol. The van der Waals surface area contributed by atoms with Crippen molar-refractivity contribution in [3.63, 3.8) is 0 Å². The number of hydrogen-bond acceptors (Lipinski definition) is 3. The minimum absolute atomic E-state index is 0.176. The van der Waals surface area contributed by atoms with E-state index in [-0.39, 0.29) is 4.90 Å². The average molecular weight is 261 g/mol. The van der Waals surface area contributed by atoms with E-state index in [1.54, 1.807) is 6.92 Å². The van der Waals surface area contributed by atoms with Crippen LogP contribution in [0.1, 0.15) is 18.4 Å². The van der Waals surface area contributed by atoms with E-state index >= 15 is 0 Å². The van der Waals surface area contributed by atoms with Crippen LogP contribution < -0.4 is 4.72 Å². The Kier molecular flexibility index (Phi) is 3.19. The molecule has 6 heteroatoms. The van der Waals surface area contributed by atoms with Crippen molar-refractivity contribution >= 4 is 21.6 Å². The lowest BCUT2D eigenvalue weighted by atomic mass is 10.3. The van der Waals surface area contributed by atoms with Crippen LogP contribution >= 0.6 is 11.6 Å². The third-order valence-electron chi connectivity index (χ3n) is 2.56. The Balaban J connectivity index is 2.17. The molecule has 0 saturated heterocycles. The maximum atomic E-state index is 11.8. The Labute approximate surface area is 100 Å². The van der Waals surface area contributed by atoms with Gasteiger partial charge in [0.05, 0.1) is 0 Å². The third-order valence-corrected chi connectivity index (χ3v) is 4.34. The summed E-state index contributed by atoms with van der Waals surface area (Å²) in [6.45, 7) is 2.25. The van der Waals surface area contributed by atoms with Gasteiger partial charge in [-0.25, -0.2) is 18.1 Å². The molecule has 2 rings (SSSR count). The van der Waals surface area contributed by atoms with Crippen LogP contribution in [0.15, 0.2) is 17.2 Å². The molecule has 1 saturated carbocycles. The number of pyridine rings is 1. The van der Waals surface area contributed by atoms with E-state index < -0.39 is 10.0 Å². The minimum atomic E-state index is -3.43. The molecule has 1 aromatic rings. The lowest BCUT2D eigenvalue weighted by Crippen LogP contribution is -2.26. The van der Waals surface area contributed by atoms with Crippen molar-refractivity contribution in [2.45, 2.75) is 24.7 Å². The number of aryl methyl sites for hydroxylation is 1. The Morgan fingerprint density at radius 2 is 2.25 bits per heavy atom. The normalized spacial score (nSPS) is 16.4. The van der Waals surface area contributed by atoms with Crippen LogP contribution in [0.5, 0.6) is 0 Å². The van der Waals surface area contributed by atoms with Gasteiger partial charge < -0.3 is 0 Å². The van der Waals surface area contributed by atoms with Crippen LogP contribution in [-0.2, 0) is 10.0 Å². The topological polar surface area (TPSA) is 59.1 Å². The van der Waals surface area contributed by atoms with Crippen LogP contribution in [0.4, 0.5) is 0 Å². The summed E-state index contributed by atoms with van der Waals surface area (Å²) in [7, 11) is -3.43. The van der Waals surface area contributed by atoms with Crippen molar-refractivity contribution in [3.05, 3.63) is 23.0 Å². The molecule has 1 aromatic heterocycles. The van der Waals surface area contributed by atoms with E-state index in [0.29, 0.717) is 23.2 Å². The molecule has 0 atom stereocenters. The highest BCUT2D eigenvalue weighted by Crippen LogP contribution is 2.28. The summed E-state index contributed by atoms with van der Waals surface area (Å²) in [5.74, 6) is 0.510. The molecule has 16 heavy (non-hydrogen) atoms. The number of halogens is 1. The molecule has 1 fully saturated rings. The first-order chi connectivity index (χ1) is 7.49. The third kappa shape index (κ3) is 2.72. The first-order valence-electron chi connectivity index (χ1n) is 5.11. The van der Waals surface area contributed by atoms with Crippen molar-refractivity contribution in [1.82, 2.24) is 9.71 Å². The van der Waals surface area contributed by atoms with Gasteiger partial charge in [-0.1, -0.05) is 11.6 Å². The van der Waals surface area contributed by atoms with E-state index in [1.165, 1.54) is 12.3 Å². The van der Waals surface area contributed by atoms with Crippen LogP contribution in [-0.4, -0.2) is 19.9 Å². The fourth-order valence-electron chi connectivity index (χ4n) is 1.31. The summed E-state index contributed by atoms with van der Waals surface area (Å²) >= 11 is 5.74. The lowest BCUT2D eigenvalue weighted by molar-refractivity contribution is 0.577. The predicted molar refractivity (Wildman–Crippen MR) is 61.9 cm³/mol. The SMILES string of the molecule is Cc1cc(S(=O)(=O)NCC2CC2)cnc1Cl. The van der Waals surface area contributed by atoms with Gasteiger partial charge in [-0.2, -0.15) is 0 Å². The molecule has 0 spiro atoms. The van der Waals surface area contributed by atoms with Crippen molar-refractivity contribution < 1.29 is 8.42 Å². The molecule has 0 aromatic carbocycles. The van der Waals surface area contributed by atoms with E-state index in [9.17, 15) is 8.42 Å². The number of hydrogen-bond donors (Lipinski definition) is 1. The molecule has 4 nitrogen and oxygen atoms in total. The molecule has 1 aliphatic rings. The first kappa shape index (κ1) is 11.8. The van der Waals surface area contributed by atoms with E-state index in [1.807, 2.05) is 0 Å². The number of nitrogens with zero attached hydrogens (tertiary/aromatic N) is 1. The maximum absolute atomic E-state index is 11.8. The molecule has 1 N–H and O–H groups in total. The molecule has 88 valence electrons. The summed E-state index contributed by atoms with van der Waals surface area (Å²) < 4.78 is 26.2. The molecule has 0 amide bonds. The fraction of sp³-hybridized carbons (Fsp3) is 0.500. The molecule has 0 aliphatic heterocycles. The molecule has 0 unspecified atom stereocenters. The Morgan fingerprint density at radius 3 is 2.81 bits per heavy atom. The Bertz CT molecular complexity index is 498. The number of aromatic nitrogens is 1. The smallest absolute Gasteiger partial charge is 0.242 e. The van der Waals surface area contributed by atoms with Crippen molar-refractivity contribution in [1.29, 1.82) is 0 Å². The molecule has 0 bridgehead atoms. The fourth-order valence-corrected chi connectivity index (χ4v) is 2.56. The van der Waals surface area contributed by atoms with Gasteiger partial charge in [0.25, 0.3) is 0 Å². The standard InChI is InChI=1S/C10H13ClN2O2S/c1-7-4-9(6-12-10(7)11)16(14,15)13-5-8-2-3-8/h4,6,8,13H,2-3,5H2,1H3. The van der Waals surface area contributed by atoms with Crippen LogP contribution in [0.2, 0.25) is 5.15 Å². The quantitative estimate of drug-likeness (QED) is 0.839. The summed E-state index contributed by atoms with van der Waals surface area (Å²) in [6, 6.07) is 1.53. The van der Waals surface area contributed by atoms with E-state index in [2.05, 4.69) is 9.71 Å².